The maximum Gasteiger partial charge on any atom is 0.573 e. The molecule has 6 heteroatoms. The number of fused-ring (bicyclic) bond motifs is 3. The Morgan fingerprint density at radius 1 is 0.875 bits per heavy atom. The molecule has 0 amide bonds. The zero-order valence-electron chi connectivity index (χ0n) is 12.2. The summed E-state index contributed by atoms with van der Waals surface area (Å²) in [6.07, 6.45) is -3.00. The molecule has 0 N–H and O–H groups in total. The van der Waals surface area contributed by atoms with Crippen LogP contribution in [0.15, 0.2) is 65.2 Å². The molecule has 0 unspecified atom stereocenters. The minimum absolute atomic E-state index is 0.268. The number of hydrogen-bond acceptors (Lipinski definition) is 3. The molecule has 24 heavy (non-hydrogen) atoms. The first kappa shape index (κ1) is 14.6. The molecule has 0 aliphatic rings. The predicted octanol–water partition coefficient (Wildman–Crippen LogP) is 5.55. The molecule has 0 radical (unpaired) electrons. The van der Waals surface area contributed by atoms with Gasteiger partial charge in [-0.15, -0.1) is 13.2 Å². The van der Waals surface area contributed by atoms with Gasteiger partial charge in [-0.05, 0) is 30.3 Å². The Hall–Kier alpha value is -3.02. The molecule has 0 fully saturated rings. The van der Waals surface area contributed by atoms with Crippen LogP contribution in [0.1, 0.15) is 0 Å². The van der Waals surface area contributed by atoms with Gasteiger partial charge < -0.3 is 9.15 Å². The minimum Gasteiger partial charge on any atom is -0.456 e. The summed E-state index contributed by atoms with van der Waals surface area (Å²) in [5, 5.41) is 1.87. The van der Waals surface area contributed by atoms with Crippen molar-refractivity contribution < 1.29 is 22.3 Å². The molecule has 120 valence electrons. The Morgan fingerprint density at radius 3 is 2.38 bits per heavy atom. The first-order chi connectivity index (χ1) is 11.5. The molecule has 2 aromatic carbocycles. The van der Waals surface area contributed by atoms with Crippen LogP contribution in [-0.2, 0) is 0 Å². The predicted molar refractivity (Wildman–Crippen MR) is 83.6 cm³/mol. The van der Waals surface area contributed by atoms with Crippen molar-refractivity contribution in [3.63, 3.8) is 0 Å². The number of hydrogen-bond donors (Lipinski definition) is 0. The second-order valence-electron chi connectivity index (χ2n) is 5.24. The van der Waals surface area contributed by atoms with Gasteiger partial charge in [-0.25, -0.2) is 0 Å². The summed E-state index contributed by atoms with van der Waals surface area (Å²) in [5.74, 6) is -0.268. The fourth-order valence-corrected chi connectivity index (χ4v) is 2.61. The topological polar surface area (TPSA) is 35.3 Å². The SMILES string of the molecule is FC(F)(F)Oc1ccc(-c2cc3oc4ccccc4c3cn2)cc1. The van der Waals surface area contributed by atoms with Crippen LogP contribution in [-0.4, -0.2) is 11.3 Å². The minimum atomic E-state index is -4.70. The summed E-state index contributed by atoms with van der Waals surface area (Å²) < 4.78 is 46.2. The van der Waals surface area contributed by atoms with Gasteiger partial charge in [-0.3, -0.25) is 4.98 Å². The Balaban J connectivity index is 1.72. The number of halogens is 3. The number of nitrogens with zero attached hydrogens (tertiary/aromatic N) is 1. The van der Waals surface area contributed by atoms with Gasteiger partial charge in [0.05, 0.1) is 5.69 Å². The van der Waals surface area contributed by atoms with Crippen molar-refractivity contribution in [2.75, 3.05) is 0 Å². The van der Waals surface area contributed by atoms with E-state index in [9.17, 15) is 13.2 Å². The number of furan rings is 1. The highest BCUT2D eigenvalue weighted by atomic mass is 19.4. The van der Waals surface area contributed by atoms with Crippen LogP contribution in [0.3, 0.4) is 0 Å². The van der Waals surface area contributed by atoms with Crippen molar-refractivity contribution in [3.05, 3.63) is 60.8 Å². The van der Waals surface area contributed by atoms with Crippen LogP contribution in [0.4, 0.5) is 13.2 Å². The van der Waals surface area contributed by atoms with E-state index < -0.39 is 6.36 Å². The Kier molecular flexibility index (Phi) is 3.19. The van der Waals surface area contributed by atoms with Crippen molar-refractivity contribution in [2.24, 2.45) is 0 Å². The average molecular weight is 329 g/mol. The van der Waals surface area contributed by atoms with Gasteiger partial charge in [0, 0.05) is 28.6 Å². The van der Waals surface area contributed by atoms with Gasteiger partial charge in [0.1, 0.15) is 16.9 Å². The van der Waals surface area contributed by atoms with Crippen LogP contribution >= 0.6 is 0 Å². The molecule has 0 saturated carbocycles. The van der Waals surface area contributed by atoms with Crippen molar-refractivity contribution in [2.45, 2.75) is 6.36 Å². The van der Waals surface area contributed by atoms with E-state index in [4.69, 9.17) is 4.42 Å². The molecule has 0 aliphatic heterocycles. The smallest absolute Gasteiger partial charge is 0.456 e. The number of pyridine rings is 1. The van der Waals surface area contributed by atoms with Crippen LogP contribution < -0.4 is 4.74 Å². The average Bonchev–Trinajstić information content (AvgIpc) is 2.91. The summed E-state index contributed by atoms with van der Waals surface area (Å²) in [7, 11) is 0. The number of ether oxygens (including phenoxy) is 1. The lowest BCUT2D eigenvalue weighted by atomic mass is 10.1. The number of alkyl halides is 3. The largest absolute Gasteiger partial charge is 0.573 e. The first-order valence-corrected chi connectivity index (χ1v) is 7.13. The molecule has 3 nitrogen and oxygen atoms in total. The van der Waals surface area contributed by atoms with Crippen LogP contribution in [0.25, 0.3) is 33.2 Å². The highest BCUT2D eigenvalue weighted by Crippen LogP contribution is 2.31. The third-order valence-electron chi connectivity index (χ3n) is 3.65. The van der Waals surface area contributed by atoms with E-state index in [0.29, 0.717) is 16.8 Å². The molecular formula is C18H10F3NO2. The van der Waals surface area contributed by atoms with E-state index in [0.717, 1.165) is 16.4 Å². The van der Waals surface area contributed by atoms with Crippen LogP contribution in [0.2, 0.25) is 0 Å². The Morgan fingerprint density at radius 2 is 1.62 bits per heavy atom. The van der Waals surface area contributed by atoms with E-state index in [2.05, 4.69) is 9.72 Å². The van der Waals surface area contributed by atoms with E-state index in [1.165, 1.54) is 24.3 Å². The molecule has 4 rings (SSSR count). The van der Waals surface area contributed by atoms with Crippen LogP contribution in [0, 0.1) is 0 Å². The lowest BCUT2D eigenvalue weighted by Gasteiger charge is -2.09. The summed E-state index contributed by atoms with van der Waals surface area (Å²) in [4.78, 5) is 4.38. The molecular weight excluding hydrogens is 319 g/mol. The first-order valence-electron chi connectivity index (χ1n) is 7.13. The molecule has 0 aliphatic carbocycles. The monoisotopic (exact) mass is 329 g/mol. The van der Waals surface area contributed by atoms with Crippen molar-refractivity contribution >= 4 is 21.9 Å². The molecule has 0 saturated heterocycles. The molecule has 0 atom stereocenters. The van der Waals surface area contributed by atoms with Gasteiger partial charge in [0.25, 0.3) is 0 Å². The van der Waals surface area contributed by atoms with Gasteiger partial charge in [-0.2, -0.15) is 0 Å². The van der Waals surface area contributed by atoms with Crippen LogP contribution in [0.5, 0.6) is 5.75 Å². The van der Waals surface area contributed by atoms with E-state index in [-0.39, 0.29) is 5.75 Å². The van der Waals surface area contributed by atoms with Gasteiger partial charge >= 0.3 is 6.36 Å². The van der Waals surface area contributed by atoms with Gasteiger partial charge in [0.2, 0.25) is 0 Å². The number of aromatic nitrogens is 1. The standard InChI is InChI=1S/C18H10F3NO2/c19-18(20,21)24-12-7-5-11(6-8-12)15-9-17-14(10-22-15)13-3-1-2-4-16(13)23-17/h1-10H. The van der Waals surface area contributed by atoms with E-state index in [1.54, 1.807) is 12.3 Å². The molecule has 4 aromatic rings. The lowest BCUT2D eigenvalue weighted by molar-refractivity contribution is -0.274. The molecule has 2 heterocycles. The van der Waals surface area contributed by atoms with E-state index in [1.807, 2.05) is 24.3 Å². The zero-order valence-corrected chi connectivity index (χ0v) is 12.2. The van der Waals surface area contributed by atoms with Gasteiger partial charge in [0.15, 0.2) is 0 Å². The zero-order chi connectivity index (χ0) is 16.7. The maximum absolute atomic E-state index is 12.2. The third kappa shape index (κ3) is 2.67. The fourth-order valence-electron chi connectivity index (χ4n) is 2.61. The molecule has 2 aromatic heterocycles. The second kappa shape index (κ2) is 5.26. The summed E-state index contributed by atoms with van der Waals surface area (Å²) in [6, 6.07) is 15.0. The lowest BCUT2D eigenvalue weighted by Crippen LogP contribution is -2.16. The van der Waals surface area contributed by atoms with Crippen molar-refractivity contribution in [1.29, 1.82) is 0 Å². The Labute approximate surface area is 134 Å². The summed E-state index contributed by atoms with van der Waals surface area (Å²) in [5.41, 5.74) is 2.73. The van der Waals surface area contributed by atoms with Gasteiger partial charge in [-0.1, -0.05) is 18.2 Å². The molecule has 0 bridgehead atoms. The number of benzene rings is 2. The summed E-state index contributed by atoms with van der Waals surface area (Å²) in [6.45, 7) is 0. The summed E-state index contributed by atoms with van der Waals surface area (Å²) >= 11 is 0. The normalized spacial score (nSPS) is 12.0. The molecule has 0 spiro atoms. The quantitative estimate of drug-likeness (QED) is 0.484. The third-order valence-corrected chi connectivity index (χ3v) is 3.65. The fraction of sp³-hybridized carbons (Fsp3) is 0.0556. The van der Waals surface area contributed by atoms with Crippen molar-refractivity contribution in [1.82, 2.24) is 4.98 Å². The Bertz CT molecular complexity index is 1020. The van der Waals surface area contributed by atoms with Crippen molar-refractivity contribution in [3.8, 4) is 17.0 Å². The number of para-hydroxylation sites is 1. The second-order valence-corrected chi connectivity index (χ2v) is 5.24. The number of rotatable bonds is 2. The highest BCUT2D eigenvalue weighted by Gasteiger charge is 2.30. The maximum atomic E-state index is 12.2. The highest BCUT2D eigenvalue weighted by molar-refractivity contribution is 6.05. The van der Waals surface area contributed by atoms with E-state index >= 15 is 0 Å².